The molecule has 0 amide bonds. The van der Waals surface area contributed by atoms with Gasteiger partial charge < -0.3 is 20.4 Å². The molecule has 0 atom stereocenters. The highest BCUT2D eigenvalue weighted by atomic mass is 16.5. The number of aromatic nitrogens is 3. The van der Waals surface area contributed by atoms with Gasteiger partial charge >= 0.3 is 0 Å². The van der Waals surface area contributed by atoms with Gasteiger partial charge in [-0.05, 0) is 57.7 Å². The number of para-hydroxylation sites is 1. The van der Waals surface area contributed by atoms with Crippen molar-refractivity contribution in [3.63, 3.8) is 0 Å². The normalized spacial score (nSPS) is 15.7. The molecule has 3 N–H and O–H groups in total. The standard InChI is InChI=1S/C21H29N5O/c1-2-27-14-18-25-19-20(16-7-3-4-8-17(16)24-21(19)22)26(18)13-5-6-15-9-11-23-12-10-15/h3-4,7-8,15,23H,2,5-6,9-14H2,1H3,(H2,22,24). The van der Waals surface area contributed by atoms with Crippen LogP contribution in [-0.2, 0) is 17.9 Å². The van der Waals surface area contributed by atoms with Crippen molar-refractivity contribution in [2.24, 2.45) is 5.92 Å². The number of nitrogens with one attached hydrogen (secondary N) is 1. The lowest BCUT2D eigenvalue weighted by molar-refractivity contribution is 0.125. The smallest absolute Gasteiger partial charge is 0.152 e. The lowest BCUT2D eigenvalue weighted by atomic mass is 9.93. The molecule has 0 aliphatic carbocycles. The van der Waals surface area contributed by atoms with Crippen LogP contribution < -0.4 is 11.1 Å². The molecule has 1 saturated heterocycles. The van der Waals surface area contributed by atoms with Gasteiger partial charge in [0.05, 0.1) is 11.0 Å². The van der Waals surface area contributed by atoms with E-state index in [0.717, 1.165) is 59.7 Å². The summed E-state index contributed by atoms with van der Waals surface area (Å²) in [5, 5.41) is 4.56. The molecule has 0 unspecified atom stereocenters. The zero-order chi connectivity index (χ0) is 18.6. The molecule has 3 heterocycles. The number of benzene rings is 1. The maximum absolute atomic E-state index is 6.24. The molecule has 1 aromatic carbocycles. The van der Waals surface area contributed by atoms with Crippen LogP contribution in [-0.4, -0.2) is 34.2 Å². The van der Waals surface area contributed by atoms with Crippen molar-refractivity contribution >= 4 is 27.8 Å². The van der Waals surface area contributed by atoms with Gasteiger partial charge in [0.1, 0.15) is 17.9 Å². The van der Waals surface area contributed by atoms with Crippen LogP contribution in [0.4, 0.5) is 5.82 Å². The van der Waals surface area contributed by atoms with Crippen molar-refractivity contribution < 1.29 is 4.74 Å². The number of ether oxygens (including phenoxy) is 1. The number of anilines is 1. The molecule has 1 fully saturated rings. The third-order valence-electron chi connectivity index (χ3n) is 5.58. The van der Waals surface area contributed by atoms with Gasteiger partial charge in [0.15, 0.2) is 5.82 Å². The summed E-state index contributed by atoms with van der Waals surface area (Å²) in [5.41, 5.74) is 9.06. The third kappa shape index (κ3) is 3.77. The number of hydrogen-bond donors (Lipinski definition) is 2. The van der Waals surface area contributed by atoms with E-state index in [2.05, 4.69) is 20.9 Å². The van der Waals surface area contributed by atoms with Crippen molar-refractivity contribution in [1.82, 2.24) is 19.9 Å². The largest absolute Gasteiger partial charge is 0.382 e. The number of piperidine rings is 1. The van der Waals surface area contributed by atoms with E-state index in [9.17, 15) is 0 Å². The maximum Gasteiger partial charge on any atom is 0.152 e. The highest BCUT2D eigenvalue weighted by molar-refractivity contribution is 6.06. The number of pyridine rings is 1. The summed E-state index contributed by atoms with van der Waals surface area (Å²) in [5.74, 6) is 2.28. The first-order valence-electron chi connectivity index (χ1n) is 10.1. The molecule has 27 heavy (non-hydrogen) atoms. The van der Waals surface area contributed by atoms with Crippen LogP contribution >= 0.6 is 0 Å². The molecule has 3 aromatic rings. The molecule has 144 valence electrons. The molecule has 2 aromatic heterocycles. The lowest BCUT2D eigenvalue weighted by Gasteiger charge is -2.22. The summed E-state index contributed by atoms with van der Waals surface area (Å²) in [6.07, 6.45) is 4.98. The summed E-state index contributed by atoms with van der Waals surface area (Å²) in [6.45, 7) is 6.44. The average Bonchev–Trinajstić information content (AvgIpc) is 3.07. The highest BCUT2D eigenvalue weighted by Crippen LogP contribution is 2.30. The minimum absolute atomic E-state index is 0.499. The average molecular weight is 367 g/mol. The van der Waals surface area contributed by atoms with E-state index in [-0.39, 0.29) is 0 Å². The summed E-state index contributed by atoms with van der Waals surface area (Å²) < 4.78 is 8.00. The second-order valence-electron chi connectivity index (χ2n) is 7.36. The summed E-state index contributed by atoms with van der Waals surface area (Å²) >= 11 is 0. The maximum atomic E-state index is 6.24. The Morgan fingerprint density at radius 2 is 2.04 bits per heavy atom. The Balaban J connectivity index is 1.68. The molecule has 0 spiro atoms. The lowest BCUT2D eigenvalue weighted by Crippen LogP contribution is -2.27. The van der Waals surface area contributed by atoms with E-state index in [4.69, 9.17) is 15.5 Å². The number of aryl methyl sites for hydroxylation is 1. The molecular formula is C21H29N5O. The Kier molecular flexibility index (Phi) is 5.55. The molecule has 1 aliphatic heterocycles. The van der Waals surface area contributed by atoms with Gasteiger partial charge in [-0.15, -0.1) is 0 Å². The van der Waals surface area contributed by atoms with Crippen LogP contribution in [0.3, 0.4) is 0 Å². The summed E-state index contributed by atoms with van der Waals surface area (Å²) in [4.78, 5) is 9.35. The van der Waals surface area contributed by atoms with E-state index in [1.165, 1.54) is 19.3 Å². The first-order valence-corrected chi connectivity index (χ1v) is 10.1. The first-order chi connectivity index (χ1) is 13.3. The Labute approximate surface area is 160 Å². The third-order valence-corrected chi connectivity index (χ3v) is 5.58. The van der Waals surface area contributed by atoms with Crippen LogP contribution in [0.5, 0.6) is 0 Å². The number of hydrogen-bond acceptors (Lipinski definition) is 5. The minimum Gasteiger partial charge on any atom is -0.382 e. The summed E-state index contributed by atoms with van der Waals surface area (Å²) in [7, 11) is 0. The molecule has 0 radical (unpaired) electrons. The van der Waals surface area contributed by atoms with Crippen molar-refractivity contribution in [1.29, 1.82) is 0 Å². The Bertz CT molecular complexity index is 914. The number of nitrogens with zero attached hydrogens (tertiary/aromatic N) is 3. The monoisotopic (exact) mass is 367 g/mol. The Hall–Kier alpha value is -2.18. The SMILES string of the molecule is CCOCc1nc2c(N)nc3ccccc3c2n1CCCC1CCNCC1. The van der Waals surface area contributed by atoms with Gasteiger partial charge in [-0.2, -0.15) is 0 Å². The minimum atomic E-state index is 0.499. The fourth-order valence-corrected chi connectivity index (χ4v) is 4.16. The molecule has 6 nitrogen and oxygen atoms in total. The van der Waals surface area contributed by atoms with Crippen molar-refractivity contribution in [2.75, 3.05) is 25.4 Å². The van der Waals surface area contributed by atoms with Crippen LogP contribution in [0, 0.1) is 5.92 Å². The van der Waals surface area contributed by atoms with E-state index >= 15 is 0 Å². The second-order valence-corrected chi connectivity index (χ2v) is 7.36. The van der Waals surface area contributed by atoms with Crippen molar-refractivity contribution in [2.45, 2.75) is 45.8 Å². The molecular weight excluding hydrogens is 338 g/mol. The molecule has 4 rings (SSSR count). The van der Waals surface area contributed by atoms with Crippen LogP contribution in [0.2, 0.25) is 0 Å². The van der Waals surface area contributed by atoms with E-state index in [0.29, 0.717) is 19.0 Å². The molecule has 0 bridgehead atoms. The number of imidazole rings is 1. The predicted octanol–water partition coefficient (Wildman–Crippen LogP) is 3.48. The zero-order valence-electron chi connectivity index (χ0n) is 16.1. The zero-order valence-corrected chi connectivity index (χ0v) is 16.1. The second kappa shape index (κ2) is 8.23. The van der Waals surface area contributed by atoms with Gasteiger partial charge in [0.2, 0.25) is 0 Å². The van der Waals surface area contributed by atoms with Crippen molar-refractivity contribution in [3.05, 3.63) is 30.1 Å². The number of rotatable bonds is 7. The van der Waals surface area contributed by atoms with Crippen LogP contribution in [0.1, 0.15) is 38.4 Å². The molecule has 0 saturated carbocycles. The Morgan fingerprint density at radius 1 is 1.22 bits per heavy atom. The highest BCUT2D eigenvalue weighted by Gasteiger charge is 2.18. The fourth-order valence-electron chi connectivity index (χ4n) is 4.16. The topological polar surface area (TPSA) is 78.0 Å². The number of nitrogen functional groups attached to an aromatic ring is 1. The van der Waals surface area contributed by atoms with Crippen molar-refractivity contribution in [3.8, 4) is 0 Å². The van der Waals surface area contributed by atoms with Gasteiger partial charge in [0.25, 0.3) is 0 Å². The van der Waals surface area contributed by atoms with E-state index in [1.807, 2.05) is 25.1 Å². The molecule has 6 heteroatoms. The van der Waals surface area contributed by atoms with Crippen LogP contribution in [0.25, 0.3) is 21.9 Å². The van der Waals surface area contributed by atoms with Gasteiger partial charge in [0, 0.05) is 18.5 Å². The number of fused-ring (bicyclic) bond motifs is 3. The first kappa shape index (κ1) is 18.2. The number of nitrogens with two attached hydrogens (primary N) is 1. The van der Waals surface area contributed by atoms with E-state index in [1.54, 1.807) is 0 Å². The van der Waals surface area contributed by atoms with Crippen LogP contribution in [0.15, 0.2) is 24.3 Å². The van der Waals surface area contributed by atoms with Gasteiger partial charge in [-0.3, -0.25) is 0 Å². The Morgan fingerprint density at radius 3 is 2.85 bits per heavy atom. The molecule has 1 aliphatic rings. The fraction of sp³-hybridized carbons (Fsp3) is 0.524. The van der Waals surface area contributed by atoms with Gasteiger partial charge in [-0.1, -0.05) is 18.2 Å². The van der Waals surface area contributed by atoms with Gasteiger partial charge in [-0.25, -0.2) is 9.97 Å². The summed E-state index contributed by atoms with van der Waals surface area (Å²) in [6, 6.07) is 8.17. The predicted molar refractivity (Wildman–Crippen MR) is 110 cm³/mol. The quantitative estimate of drug-likeness (QED) is 0.668. The van der Waals surface area contributed by atoms with E-state index < -0.39 is 0 Å².